The fourth-order valence-corrected chi connectivity index (χ4v) is 2.42. The lowest BCUT2D eigenvalue weighted by molar-refractivity contribution is 0.0598. The molecule has 5 nitrogen and oxygen atoms in total. The van der Waals surface area contributed by atoms with Gasteiger partial charge in [-0.05, 0) is 24.3 Å². The second-order valence-electron chi connectivity index (χ2n) is 4.41. The number of hydrogen-bond acceptors (Lipinski definition) is 5. The van der Waals surface area contributed by atoms with Gasteiger partial charge in [-0.3, -0.25) is 0 Å². The number of halogens is 1. The molecule has 0 atom stereocenters. The van der Waals surface area contributed by atoms with Crippen molar-refractivity contribution in [3.05, 3.63) is 51.3 Å². The first-order valence-corrected chi connectivity index (χ1v) is 6.37. The zero-order chi connectivity index (χ0) is 15.1. The van der Waals surface area contributed by atoms with Crippen LogP contribution in [0.5, 0.6) is 5.75 Å². The van der Waals surface area contributed by atoms with Gasteiger partial charge in [-0.2, -0.15) is 0 Å². The lowest BCUT2D eigenvalue weighted by Gasteiger charge is -2.07. The predicted molar refractivity (Wildman–Crippen MR) is 78.0 cm³/mol. The summed E-state index contributed by atoms with van der Waals surface area (Å²) in [6.07, 6.45) is 0. The van der Waals surface area contributed by atoms with Gasteiger partial charge in [0.1, 0.15) is 22.3 Å². The van der Waals surface area contributed by atoms with E-state index in [1.165, 1.54) is 13.2 Å². The van der Waals surface area contributed by atoms with E-state index in [1.807, 2.05) is 0 Å². The van der Waals surface area contributed by atoms with E-state index in [1.54, 1.807) is 24.3 Å². The number of esters is 1. The van der Waals surface area contributed by atoms with Gasteiger partial charge in [0.2, 0.25) is 0 Å². The fraction of sp³-hybridized carbons (Fsp3) is 0.0667. The van der Waals surface area contributed by atoms with Crippen LogP contribution in [-0.4, -0.2) is 18.2 Å². The summed E-state index contributed by atoms with van der Waals surface area (Å²) >= 11 is 5.95. The van der Waals surface area contributed by atoms with Gasteiger partial charge in [0, 0.05) is 15.8 Å². The number of hydrogen-bond donors (Lipinski definition) is 1. The molecule has 0 saturated heterocycles. The minimum atomic E-state index is -0.736. The highest BCUT2D eigenvalue weighted by molar-refractivity contribution is 6.31. The van der Waals surface area contributed by atoms with Gasteiger partial charge < -0.3 is 14.3 Å². The fourth-order valence-electron chi connectivity index (χ4n) is 2.25. The van der Waals surface area contributed by atoms with E-state index in [2.05, 4.69) is 4.74 Å². The number of methoxy groups -OCH3 is 1. The van der Waals surface area contributed by atoms with Crippen molar-refractivity contribution in [1.29, 1.82) is 0 Å². The van der Waals surface area contributed by atoms with Crippen LogP contribution in [0.15, 0.2) is 39.5 Å². The van der Waals surface area contributed by atoms with Crippen LogP contribution in [0.3, 0.4) is 0 Å². The lowest BCUT2D eigenvalue weighted by atomic mass is 10.0. The molecule has 0 aliphatic heterocycles. The summed E-state index contributed by atoms with van der Waals surface area (Å²) in [7, 11) is 1.19. The van der Waals surface area contributed by atoms with E-state index in [4.69, 9.17) is 16.0 Å². The van der Waals surface area contributed by atoms with Crippen molar-refractivity contribution < 1.29 is 19.1 Å². The highest BCUT2D eigenvalue weighted by Gasteiger charge is 2.19. The number of benzene rings is 2. The first-order chi connectivity index (χ1) is 10.0. The van der Waals surface area contributed by atoms with Crippen molar-refractivity contribution >= 4 is 39.3 Å². The van der Waals surface area contributed by atoms with Crippen LogP contribution in [0, 0.1) is 0 Å². The third-order valence-electron chi connectivity index (χ3n) is 3.22. The maximum Gasteiger partial charge on any atom is 0.348 e. The number of ether oxygens (including phenoxy) is 1. The third kappa shape index (κ3) is 2.02. The number of fused-ring (bicyclic) bond motifs is 3. The Hall–Kier alpha value is -2.53. The molecule has 6 heteroatoms. The lowest BCUT2D eigenvalue weighted by Crippen LogP contribution is -2.06. The molecule has 1 N–H and O–H groups in total. The zero-order valence-corrected chi connectivity index (χ0v) is 11.6. The van der Waals surface area contributed by atoms with Crippen molar-refractivity contribution in [2.45, 2.75) is 0 Å². The number of carbonyl (C=O) groups is 1. The average Bonchev–Trinajstić information content (AvgIpc) is 2.47. The van der Waals surface area contributed by atoms with Gasteiger partial charge in [0.15, 0.2) is 0 Å². The molecule has 1 heterocycles. The Balaban J connectivity index is 2.50. The topological polar surface area (TPSA) is 76.7 Å². The molecule has 0 radical (unpaired) electrons. The first-order valence-electron chi connectivity index (χ1n) is 5.99. The molecule has 0 aliphatic rings. The van der Waals surface area contributed by atoms with Gasteiger partial charge in [-0.25, -0.2) is 9.59 Å². The van der Waals surface area contributed by atoms with Crippen molar-refractivity contribution in [2.24, 2.45) is 0 Å². The van der Waals surface area contributed by atoms with Crippen LogP contribution >= 0.6 is 11.6 Å². The molecule has 0 spiro atoms. The highest BCUT2D eigenvalue weighted by atomic mass is 35.5. The van der Waals surface area contributed by atoms with Gasteiger partial charge in [0.25, 0.3) is 0 Å². The molecule has 0 unspecified atom stereocenters. The molecule has 3 rings (SSSR count). The smallest absolute Gasteiger partial charge is 0.348 e. The first kappa shape index (κ1) is 13.5. The van der Waals surface area contributed by atoms with Crippen LogP contribution in [0.25, 0.3) is 21.7 Å². The standard InChI is InChI=1S/C15H9ClO5/c1-20-14(18)9-4-3-8-10-6-7(16)2-5-11(10)21-15(19)12(8)13(9)17/h2-6,17H,1H3. The number of phenols is 1. The van der Waals surface area contributed by atoms with Crippen LogP contribution in [0.4, 0.5) is 0 Å². The van der Waals surface area contributed by atoms with Crippen molar-refractivity contribution in [3.8, 4) is 5.75 Å². The van der Waals surface area contributed by atoms with Crippen molar-refractivity contribution in [2.75, 3.05) is 7.11 Å². The molecular weight excluding hydrogens is 296 g/mol. The highest BCUT2D eigenvalue weighted by Crippen LogP contribution is 2.32. The number of phenolic OH excluding ortho intramolecular Hbond substituents is 1. The Morgan fingerprint density at radius 1 is 1.24 bits per heavy atom. The number of rotatable bonds is 1. The van der Waals surface area contributed by atoms with E-state index in [0.717, 1.165) is 0 Å². The molecule has 21 heavy (non-hydrogen) atoms. The Morgan fingerprint density at radius 3 is 2.71 bits per heavy atom. The molecule has 106 valence electrons. The van der Waals surface area contributed by atoms with Crippen LogP contribution in [-0.2, 0) is 4.74 Å². The van der Waals surface area contributed by atoms with Gasteiger partial charge in [-0.1, -0.05) is 17.7 Å². The summed E-state index contributed by atoms with van der Waals surface area (Å²) in [5.74, 6) is -1.20. The van der Waals surface area contributed by atoms with Gasteiger partial charge in [0.05, 0.1) is 7.11 Å². The normalized spacial score (nSPS) is 11.0. The number of aromatic hydroxyl groups is 1. The Bertz CT molecular complexity index is 942. The third-order valence-corrected chi connectivity index (χ3v) is 3.46. The van der Waals surface area contributed by atoms with Crippen molar-refractivity contribution in [1.82, 2.24) is 0 Å². The van der Waals surface area contributed by atoms with Crippen LogP contribution < -0.4 is 5.63 Å². The quantitative estimate of drug-likeness (QED) is 0.425. The zero-order valence-electron chi connectivity index (χ0n) is 10.8. The van der Waals surface area contributed by atoms with Gasteiger partial charge >= 0.3 is 11.6 Å². The van der Waals surface area contributed by atoms with E-state index >= 15 is 0 Å². The summed E-state index contributed by atoms with van der Waals surface area (Å²) in [5.41, 5.74) is -0.483. The van der Waals surface area contributed by atoms with E-state index < -0.39 is 17.3 Å². The molecule has 0 amide bonds. The number of carbonyl (C=O) groups excluding carboxylic acids is 1. The minimum Gasteiger partial charge on any atom is -0.506 e. The molecular formula is C15H9ClO5. The minimum absolute atomic E-state index is 0.0762. The van der Waals surface area contributed by atoms with Crippen molar-refractivity contribution in [3.63, 3.8) is 0 Å². The SMILES string of the molecule is COC(=O)c1ccc2c(c1O)c(=O)oc1ccc(Cl)cc12. The van der Waals surface area contributed by atoms with Crippen LogP contribution in [0.1, 0.15) is 10.4 Å². The van der Waals surface area contributed by atoms with E-state index in [9.17, 15) is 14.7 Å². The Morgan fingerprint density at radius 2 is 2.00 bits per heavy atom. The van der Waals surface area contributed by atoms with Crippen LogP contribution in [0.2, 0.25) is 5.02 Å². The summed E-state index contributed by atoms with van der Waals surface area (Å²) in [4.78, 5) is 23.6. The summed E-state index contributed by atoms with van der Waals surface area (Å²) < 4.78 is 9.71. The Kier molecular flexibility index (Phi) is 3.07. The Labute approximate surface area is 123 Å². The summed E-state index contributed by atoms with van der Waals surface area (Å²) in [6.45, 7) is 0. The largest absolute Gasteiger partial charge is 0.506 e. The second kappa shape index (κ2) is 4.79. The molecule has 0 bridgehead atoms. The van der Waals surface area contributed by atoms with E-state index in [0.29, 0.717) is 21.4 Å². The maximum absolute atomic E-state index is 12.0. The van der Waals surface area contributed by atoms with Gasteiger partial charge in [-0.15, -0.1) is 0 Å². The molecule has 1 aromatic heterocycles. The molecule has 0 aliphatic carbocycles. The monoisotopic (exact) mass is 304 g/mol. The molecule has 3 aromatic rings. The second-order valence-corrected chi connectivity index (χ2v) is 4.84. The summed E-state index contributed by atoms with van der Waals surface area (Å²) in [6, 6.07) is 7.74. The summed E-state index contributed by atoms with van der Waals surface area (Å²) in [5, 5.41) is 11.6. The van der Waals surface area contributed by atoms with E-state index in [-0.39, 0.29) is 10.9 Å². The predicted octanol–water partition coefficient (Wildman–Crippen LogP) is 3.09. The molecule has 0 fully saturated rings. The molecule has 2 aromatic carbocycles. The molecule has 0 saturated carbocycles. The maximum atomic E-state index is 12.0. The average molecular weight is 305 g/mol.